The van der Waals surface area contributed by atoms with Gasteiger partial charge in [0.15, 0.2) is 0 Å². The Hall–Kier alpha value is -3.72. The lowest BCUT2D eigenvalue weighted by Gasteiger charge is -2.10. The average molecular weight is 409 g/mol. The molecule has 3 aromatic rings. The number of rotatable bonds is 8. The maximum absolute atomic E-state index is 12.8. The van der Waals surface area contributed by atoms with Gasteiger partial charge in [0, 0.05) is 25.3 Å². The summed E-state index contributed by atoms with van der Waals surface area (Å²) in [4.78, 5) is 23.7. The van der Waals surface area contributed by atoms with Crippen LogP contribution in [0.4, 0.5) is 17.1 Å². The predicted molar refractivity (Wildman–Crippen MR) is 114 cm³/mol. The zero-order valence-corrected chi connectivity index (χ0v) is 17.0. The molecule has 1 heterocycles. The van der Waals surface area contributed by atoms with E-state index in [-0.39, 0.29) is 11.3 Å². The van der Waals surface area contributed by atoms with E-state index >= 15 is 0 Å². The van der Waals surface area contributed by atoms with E-state index in [0.29, 0.717) is 30.2 Å². The van der Waals surface area contributed by atoms with Gasteiger partial charge in [-0.3, -0.25) is 14.9 Å². The first kappa shape index (κ1) is 21.0. The van der Waals surface area contributed by atoms with Gasteiger partial charge in [-0.25, -0.2) is 4.68 Å². The molecule has 0 atom stereocenters. The molecule has 0 aliphatic rings. The van der Waals surface area contributed by atoms with E-state index in [0.717, 1.165) is 11.4 Å². The van der Waals surface area contributed by atoms with Gasteiger partial charge in [-0.15, -0.1) is 0 Å². The SMILES string of the molecule is COCCNc1ccc(C(=O)Nc2c(C)nn(-c3ccccc3)c2C)cc1[N+](=O)[O-]. The van der Waals surface area contributed by atoms with Gasteiger partial charge in [-0.05, 0) is 38.1 Å². The number of nitrogens with one attached hydrogen (secondary N) is 2. The van der Waals surface area contributed by atoms with E-state index < -0.39 is 10.8 Å². The molecule has 1 amide bonds. The summed E-state index contributed by atoms with van der Waals surface area (Å²) in [5.41, 5.74) is 3.21. The normalized spacial score (nSPS) is 10.6. The molecule has 9 nitrogen and oxygen atoms in total. The van der Waals surface area contributed by atoms with Crippen LogP contribution in [0.1, 0.15) is 21.7 Å². The molecule has 3 rings (SSSR count). The van der Waals surface area contributed by atoms with Crippen LogP contribution in [-0.4, -0.2) is 40.9 Å². The third-order valence-corrected chi connectivity index (χ3v) is 4.61. The highest BCUT2D eigenvalue weighted by Crippen LogP contribution is 2.27. The molecule has 2 aromatic carbocycles. The minimum absolute atomic E-state index is 0.174. The molecule has 30 heavy (non-hydrogen) atoms. The largest absolute Gasteiger partial charge is 0.383 e. The number of nitro benzene ring substituents is 1. The van der Waals surface area contributed by atoms with Crippen molar-refractivity contribution in [2.75, 3.05) is 30.9 Å². The molecule has 9 heteroatoms. The second-order valence-corrected chi connectivity index (χ2v) is 6.66. The summed E-state index contributed by atoms with van der Waals surface area (Å²) in [7, 11) is 1.55. The number of hydrogen-bond donors (Lipinski definition) is 2. The third-order valence-electron chi connectivity index (χ3n) is 4.61. The van der Waals surface area contributed by atoms with Crippen molar-refractivity contribution in [3.8, 4) is 5.69 Å². The number of aryl methyl sites for hydroxylation is 1. The van der Waals surface area contributed by atoms with Gasteiger partial charge >= 0.3 is 0 Å². The van der Waals surface area contributed by atoms with Crippen LogP contribution in [0, 0.1) is 24.0 Å². The topological polar surface area (TPSA) is 111 Å². The van der Waals surface area contributed by atoms with Gasteiger partial charge in [-0.1, -0.05) is 18.2 Å². The highest BCUT2D eigenvalue weighted by Gasteiger charge is 2.20. The highest BCUT2D eigenvalue weighted by atomic mass is 16.6. The van der Waals surface area contributed by atoms with Crippen LogP contribution >= 0.6 is 0 Å². The number of aromatic nitrogens is 2. The van der Waals surface area contributed by atoms with E-state index in [2.05, 4.69) is 15.7 Å². The van der Waals surface area contributed by atoms with Gasteiger partial charge in [0.2, 0.25) is 0 Å². The van der Waals surface area contributed by atoms with Crippen LogP contribution in [0.3, 0.4) is 0 Å². The second-order valence-electron chi connectivity index (χ2n) is 6.66. The summed E-state index contributed by atoms with van der Waals surface area (Å²) < 4.78 is 6.69. The molecule has 0 saturated heterocycles. The van der Waals surface area contributed by atoms with Crippen molar-refractivity contribution >= 4 is 23.0 Å². The monoisotopic (exact) mass is 409 g/mol. The Morgan fingerprint density at radius 2 is 1.93 bits per heavy atom. The maximum atomic E-state index is 12.8. The van der Waals surface area contributed by atoms with E-state index in [9.17, 15) is 14.9 Å². The van der Waals surface area contributed by atoms with E-state index in [1.165, 1.54) is 12.1 Å². The number of carbonyl (C=O) groups excluding carboxylic acids is 1. The molecule has 0 saturated carbocycles. The Morgan fingerprint density at radius 1 is 1.20 bits per heavy atom. The number of nitrogens with zero attached hydrogens (tertiary/aromatic N) is 3. The van der Waals surface area contributed by atoms with Crippen molar-refractivity contribution in [2.24, 2.45) is 0 Å². The molecule has 0 aliphatic carbocycles. The van der Waals surface area contributed by atoms with Crippen molar-refractivity contribution in [1.29, 1.82) is 0 Å². The summed E-state index contributed by atoms with van der Waals surface area (Å²) in [5.74, 6) is -0.444. The van der Waals surface area contributed by atoms with Crippen molar-refractivity contribution in [2.45, 2.75) is 13.8 Å². The van der Waals surface area contributed by atoms with Crippen molar-refractivity contribution in [3.63, 3.8) is 0 Å². The number of anilines is 2. The molecule has 0 fully saturated rings. The fraction of sp³-hybridized carbons (Fsp3) is 0.238. The van der Waals surface area contributed by atoms with Gasteiger partial charge in [-0.2, -0.15) is 5.10 Å². The van der Waals surface area contributed by atoms with Crippen LogP contribution in [0.5, 0.6) is 0 Å². The number of nitro groups is 1. The lowest BCUT2D eigenvalue weighted by molar-refractivity contribution is -0.384. The van der Waals surface area contributed by atoms with Gasteiger partial charge in [0.05, 0.1) is 34.3 Å². The molecule has 156 valence electrons. The van der Waals surface area contributed by atoms with E-state index in [1.54, 1.807) is 24.8 Å². The fourth-order valence-corrected chi connectivity index (χ4v) is 3.09. The Kier molecular flexibility index (Phi) is 6.43. The Balaban J connectivity index is 1.85. The Labute approximate surface area is 173 Å². The zero-order chi connectivity index (χ0) is 21.7. The van der Waals surface area contributed by atoms with Crippen LogP contribution < -0.4 is 10.6 Å². The maximum Gasteiger partial charge on any atom is 0.293 e. The Bertz CT molecular complexity index is 1060. The predicted octanol–water partition coefficient (Wildman–Crippen LogP) is 3.71. The molecule has 0 unspecified atom stereocenters. The third kappa shape index (κ3) is 4.47. The lowest BCUT2D eigenvalue weighted by atomic mass is 10.1. The zero-order valence-electron chi connectivity index (χ0n) is 17.0. The first-order valence-electron chi connectivity index (χ1n) is 9.36. The van der Waals surface area contributed by atoms with Gasteiger partial charge < -0.3 is 15.4 Å². The van der Waals surface area contributed by atoms with E-state index in [4.69, 9.17) is 4.74 Å². The first-order chi connectivity index (χ1) is 14.4. The summed E-state index contributed by atoms with van der Waals surface area (Å²) in [5, 5.41) is 21.7. The second kappa shape index (κ2) is 9.19. The number of amides is 1. The summed E-state index contributed by atoms with van der Waals surface area (Å²) in [6.45, 7) is 4.48. The smallest absolute Gasteiger partial charge is 0.293 e. The summed E-state index contributed by atoms with van der Waals surface area (Å²) in [6.07, 6.45) is 0. The lowest BCUT2D eigenvalue weighted by Crippen LogP contribution is -2.14. The molecular weight excluding hydrogens is 386 g/mol. The van der Waals surface area contributed by atoms with Gasteiger partial charge in [0.1, 0.15) is 5.69 Å². The average Bonchev–Trinajstić information content (AvgIpc) is 3.02. The van der Waals surface area contributed by atoms with Gasteiger partial charge in [0.25, 0.3) is 11.6 Å². The van der Waals surface area contributed by atoms with Crippen molar-refractivity contribution in [3.05, 3.63) is 75.6 Å². The molecule has 0 aliphatic heterocycles. The molecule has 0 spiro atoms. The summed E-state index contributed by atoms with van der Waals surface area (Å²) in [6, 6.07) is 13.9. The minimum atomic E-state index is -0.518. The molecule has 0 bridgehead atoms. The fourth-order valence-electron chi connectivity index (χ4n) is 3.09. The molecular formula is C21H23N5O4. The van der Waals surface area contributed by atoms with Crippen LogP contribution in [0.2, 0.25) is 0 Å². The van der Waals surface area contributed by atoms with E-state index in [1.807, 2.05) is 37.3 Å². The first-order valence-corrected chi connectivity index (χ1v) is 9.36. The Morgan fingerprint density at radius 3 is 2.60 bits per heavy atom. The quantitative estimate of drug-likeness (QED) is 0.333. The van der Waals surface area contributed by atoms with Crippen molar-refractivity contribution in [1.82, 2.24) is 9.78 Å². The van der Waals surface area contributed by atoms with Crippen LogP contribution in [-0.2, 0) is 4.74 Å². The molecule has 2 N–H and O–H groups in total. The standard InChI is InChI=1S/C21H23N5O4/c1-14-20(15(2)25(24-14)17-7-5-4-6-8-17)23-21(27)16-9-10-18(22-11-12-30-3)19(13-16)26(28)29/h4-10,13,22H,11-12H2,1-3H3,(H,23,27). The number of para-hydroxylation sites is 1. The summed E-state index contributed by atoms with van der Waals surface area (Å²) >= 11 is 0. The number of carbonyl (C=O) groups is 1. The number of ether oxygens (including phenoxy) is 1. The van der Waals surface area contributed by atoms with Crippen molar-refractivity contribution < 1.29 is 14.5 Å². The minimum Gasteiger partial charge on any atom is -0.383 e. The highest BCUT2D eigenvalue weighted by molar-refractivity contribution is 6.05. The van der Waals surface area contributed by atoms with Crippen LogP contribution in [0.15, 0.2) is 48.5 Å². The number of benzene rings is 2. The molecule has 1 aromatic heterocycles. The number of hydrogen-bond acceptors (Lipinski definition) is 6. The van der Waals surface area contributed by atoms with Crippen LogP contribution in [0.25, 0.3) is 5.69 Å². The molecule has 0 radical (unpaired) electrons. The number of methoxy groups -OCH3 is 1.